The highest BCUT2D eigenvalue weighted by Crippen LogP contribution is 2.29. The third kappa shape index (κ3) is 2.82. The fourth-order valence-corrected chi connectivity index (χ4v) is 3.70. The van der Waals surface area contributed by atoms with Crippen LogP contribution < -0.4 is 10.9 Å². The summed E-state index contributed by atoms with van der Waals surface area (Å²) in [4.78, 5) is 2.54. The summed E-state index contributed by atoms with van der Waals surface area (Å²) >= 11 is 7.83. The Hall–Kier alpha value is -0.940. The van der Waals surface area contributed by atoms with Crippen LogP contribution in [0.5, 0.6) is 0 Å². The first kappa shape index (κ1) is 13.1. The van der Waals surface area contributed by atoms with Crippen molar-refractivity contribution in [1.29, 1.82) is 0 Å². The van der Waals surface area contributed by atoms with Gasteiger partial charge in [0.15, 0.2) is 0 Å². The smallest absolute Gasteiger partial charge is 0.128 e. The Balaban J connectivity index is 1.88. The molecule has 1 aromatic carbocycles. The second-order valence-electron chi connectivity index (χ2n) is 4.57. The van der Waals surface area contributed by atoms with E-state index >= 15 is 0 Å². The third-order valence-electron chi connectivity index (χ3n) is 3.24. The lowest BCUT2D eigenvalue weighted by Gasteiger charge is -2.04. The van der Waals surface area contributed by atoms with E-state index in [9.17, 15) is 4.39 Å². The van der Waals surface area contributed by atoms with E-state index in [1.807, 2.05) is 0 Å². The summed E-state index contributed by atoms with van der Waals surface area (Å²) < 4.78 is 13.8. The van der Waals surface area contributed by atoms with Gasteiger partial charge in [-0.3, -0.25) is 10.9 Å². The molecular formula is C14H14ClFN2S. The minimum atomic E-state index is -0.226. The van der Waals surface area contributed by atoms with Crippen LogP contribution in [0.3, 0.4) is 0 Å². The molecule has 2 nitrogen and oxygen atoms in total. The Morgan fingerprint density at radius 1 is 1.32 bits per heavy atom. The van der Waals surface area contributed by atoms with E-state index in [1.54, 1.807) is 23.5 Å². The lowest BCUT2D eigenvalue weighted by molar-refractivity contribution is 0.553. The molecule has 0 unspecified atom stereocenters. The molecule has 19 heavy (non-hydrogen) atoms. The number of hydrazine groups is 1. The zero-order valence-electron chi connectivity index (χ0n) is 10.3. The molecule has 1 aromatic heterocycles. The SMILES string of the molecule is Fc1cccc(Cl)c1Cc1cc2c(s1)CCNNC2. The van der Waals surface area contributed by atoms with Gasteiger partial charge in [0, 0.05) is 39.9 Å². The van der Waals surface area contributed by atoms with Gasteiger partial charge in [0.2, 0.25) is 0 Å². The Bertz CT molecular complexity index is 553. The molecule has 0 radical (unpaired) electrons. The van der Waals surface area contributed by atoms with E-state index in [1.165, 1.54) is 21.4 Å². The van der Waals surface area contributed by atoms with E-state index in [0.717, 1.165) is 19.5 Å². The van der Waals surface area contributed by atoms with Gasteiger partial charge in [-0.15, -0.1) is 11.3 Å². The quantitative estimate of drug-likeness (QED) is 0.889. The number of rotatable bonds is 2. The van der Waals surface area contributed by atoms with Crippen molar-refractivity contribution < 1.29 is 4.39 Å². The molecular weight excluding hydrogens is 283 g/mol. The predicted molar refractivity (Wildman–Crippen MR) is 77.1 cm³/mol. The second kappa shape index (κ2) is 5.59. The molecule has 0 amide bonds. The van der Waals surface area contributed by atoms with Gasteiger partial charge >= 0.3 is 0 Å². The second-order valence-corrected chi connectivity index (χ2v) is 6.20. The number of hydrogen-bond acceptors (Lipinski definition) is 3. The van der Waals surface area contributed by atoms with Crippen molar-refractivity contribution in [3.05, 3.63) is 56.0 Å². The molecule has 5 heteroatoms. The normalized spacial score (nSPS) is 15.1. The van der Waals surface area contributed by atoms with Crippen LogP contribution in [0.1, 0.15) is 20.9 Å². The molecule has 0 spiro atoms. The lowest BCUT2D eigenvalue weighted by Crippen LogP contribution is -2.30. The molecule has 0 atom stereocenters. The van der Waals surface area contributed by atoms with Gasteiger partial charge in [0.25, 0.3) is 0 Å². The molecule has 0 aliphatic carbocycles. The number of halogens is 2. The van der Waals surface area contributed by atoms with Crippen LogP contribution in [0.2, 0.25) is 5.02 Å². The first-order chi connectivity index (χ1) is 9.24. The number of nitrogens with one attached hydrogen (secondary N) is 2. The Morgan fingerprint density at radius 2 is 2.21 bits per heavy atom. The summed E-state index contributed by atoms with van der Waals surface area (Å²) in [6.07, 6.45) is 1.58. The fourth-order valence-electron chi connectivity index (χ4n) is 2.27. The molecule has 1 aliphatic rings. The van der Waals surface area contributed by atoms with Gasteiger partial charge in [0.05, 0.1) is 0 Å². The van der Waals surface area contributed by atoms with Crippen LogP contribution in [0.4, 0.5) is 4.39 Å². The molecule has 0 saturated carbocycles. The Kier molecular flexibility index (Phi) is 3.84. The zero-order valence-corrected chi connectivity index (χ0v) is 11.9. The average molecular weight is 297 g/mol. The van der Waals surface area contributed by atoms with Crippen molar-refractivity contribution in [3.8, 4) is 0 Å². The molecule has 0 saturated heterocycles. The fraction of sp³-hybridized carbons (Fsp3) is 0.286. The largest absolute Gasteiger partial charge is 0.257 e. The van der Waals surface area contributed by atoms with Gasteiger partial charge in [-0.25, -0.2) is 4.39 Å². The molecule has 2 N–H and O–H groups in total. The molecule has 0 fully saturated rings. The van der Waals surface area contributed by atoms with Gasteiger partial charge in [-0.2, -0.15) is 0 Å². The maximum absolute atomic E-state index is 13.8. The highest BCUT2D eigenvalue weighted by Gasteiger charge is 2.14. The van der Waals surface area contributed by atoms with Crippen LogP contribution in [-0.2, 0) is 19.4 Å². The van der Waals surface area contributed by atoms with Gasteiger partial charge in [0.1, 0.15) is 5.82 Å². The third-order valence-corrected chi connectivity index (χ3v) is 4.83. The van der Waals surface area contributed by atoms with Crippen molar-refractivity contribution in [2.45, 2.75) is 19.4 Å². The van der Waals surface area contributed by atoms with E-state index in [2.05, 4.69) is 16.9 Å². The van der Waals surface area contributed by atoms with Crippen molar-refractivity contribution in [1.82, 2.24) is 10.9 Å². The minimum Gasteiger partial charge on any atom is -0.257 e. The summed E-state index contributed by atoms with van der Waals surface area (Å²) in [5.74, 6) is -0.226. The number of benzene rings is 1. The van der Waals surface area contributed by atoms with Crippen molar-refractivity contribution in [3.63, 3.8) is 0 Å². The van der Waals surface area contributed by atoms with Gasteiger partial charge in [-0.05, 0) is 30.2 Å². The summed E-state index contributed by atoms with van der Waals surface area (Å²) in [6, 6.07) is 7.00. The maximum Gasteiger partial charge on any atom is 0.128 e. The molecule has 3 rings (SSSR count). The monoisotopic (exact) mass is 296 g/mol. The van der Waals surface area contributed by atoms with Gasteiger partial charge < -0.3 is 0 Å². The average Bonchev–Trinajstić information content (AvgIpc) is 2.64. The summed E-state index contributed by atoms with van der Waals surface area (Å²) in [5.41, 5.74) is 8.20. The first-order valence-electron chi connectivity index (χ1n) is 6.23. The summed E-state index contributed by atoms with van der Waals surface area (Å²) in [6.45, 7) is 1.74. The van der Waals surface area contributed by atoms with E-state index < -0.39 is 0 Å². The number of thiophene rings is 1. The molecule has 2 aromatic rings. The zero-order chi connectivity index (χ0) is 13.2. The Morgan fingerprint density at radius 3 is 3.05 bits per heavy atom. The van der Waals surface area contributed by atoms with Crippen molar-refractivity contribution in [2.75, 3.05) is 6.54 Å². The Labute approximate surface area is 120 Å². The topological polar surface area (TPSA) is 24.1 Å². The van der Waals surface area contributed by atoms with E-state index in [0.29, 0.717) is 17.0 Å². The van der Waals surface area contributed by atoms with Crippen LogP contribution in [0, 0.1) is 5.82 Å². The van der Waals surface area contributed by atoms with Crippen molar-refractivity contribution in [2.24, 2.45) is 0 Å². The summed E-state index contributed by atoms with van der Waals surface area (Å²) in [5, 5.41) is 0.503. The predicted octanol–water partition coefficient (Wildman–Crippen LogP) is 3.28. The van der Waals surface area contributed by atoms with Crippen LogP contribution >= 0.6 is 22.9 Å². The first-order valence-corrected chi connectivity index (χ1v) is 7.42. The molecule has 0 bridgehead atoms. The van der Waals surface area contributed by atoms with Crippen LogP contribution in [0.25, 0.3) is 0 Å². The van der Waals surface area contributed by atoms with Gasteiger partial charge in [-0.1, -0.05) is 17.7 Å². The highest BCUT2D eigenvalue weighted by molar-refractivity contribution is 7.12. The highest BCUT2D eigenvalue weighted by atomic mass is 35.5. The number of fused-ring (bicyclic) bond motifs is 1. The van der Waals surface area contributed by atoms with E-state index in [4.69, 9.17) is 11.6 Å². The molecule has 1 aliphatic heterocycles. The molecule has 2 heterocycles. The van der Waals surface area contributed by atoms with Crippen molar-refractivity contribution >= 4 is 22.9 Å². The van der Waals surface area contributed by atoms with Crippen LogP contribution in [-0.4, -0.2) is 6.54 Å². The lowest BCUT2D eigenvalue weighted by atomic mass is 10.1. The van der Waals surface area contributed by atoms with Crippen LogP contribution in [0.15, 0.2) is 24.3 Å². The standard InChI is InChI=1S/C14H14ClFN2S/c15-12-2-1-3-13(16)11(12)7-10-6-9-8-18-17-5-4-14(9)19-10/h1-3,6,17-18H,4-5,7-8H2. The van der Waals surface area contributed by atoms with E-state index in [-0.39, 0.29) is 5.82 Å². The minimum absolute atomic E-state index is 0.226. The molecule has 100 valence electrons. The summed E-state index contributed by atoms with van der Waals surface area (Å²) in [7, 11) is 0. The maximum atomic E-state index is 13.8. The number of hydrogen-bond donors (Lipinski definition) is 2.